The molecule has 0 spiro atoms. The zero-order valence-corrected chi connectivity index (χ0v) is 16.1. The second-order valence-corrected chi connectivity index (χ2v) is 6.75. The molecule has 3 aromatic rings. The fourth-order valence-electron chi connectivity index (χ4n) is 3.22. The first-order valence-electron chi connectivity index (χ1n) is 9.54. The van der Waals surface area contributed by atoms with E-state index in [9.17, 15) is 14.4 Å². The van der Waals surface area contributed by atoms with E-state index < -0.39 is 5.97 Å². The lowest BCUT2D eigenvalue weighted by Gasteiger charge is -2.28. The molecule has 150 valence electrons. The van der Waals surface area contributed by atoms with Crippen LogP contribution in [0.4, 0.5) is 5.69 Å². The van der Waals surface area contributed by atoms with Gasteiger partial charge in [0.1, 0.15) is 11.5 Å². The number of para-hydroxylation sites is 2. The molecule has 1 aliphatic rings. The summed E-state index contributed by atoms with van der Waals surface area (Å²) in [4.78, 5) is 38.4. The van der Waals surface area contributed by atoms with Crippen molar-refractivity contribution < 1.29 is 23.9 Å². The van der Waals surface area contributed by atoms with Crippen LogP contribution in [0, 0.1) is 0 Å². The van der Waals surface area contributed by atoms with Gasteiger partial charge in [-0.1, -0.05) is 42.5 Å². The zero-order valence-electron chi connectivity index (χ0n) is 16.1. The van der Waals surface area contributed by atoms with Crippen molar-refractivity contribution in [3.8, 4) is 11.5 Å². The Morgan fingerprint density at radius 2 is 1.53 bits per heavy atom. The summed E-state index contributed by atoms with van der Waals surface area (Å²) < 4.78 is 10.7. The number of ether oxygens (including phenoxy) is 2. The van der Waals surface area contributed by atoms with E-state index in [-0.39, 0.29) is 31.3 Å². The largest absolute Gasteiger partial charge is 0.482 e. The molecule has 1 aliphatic heterocycles. The van der Waals surface area contributed by atoms with Gasteiger partial charge in [0.2, 0.25) is 0 Å². The van der Waals surface area contributed by atoms with E-state index in [0.29, 0.717) is 28.3 Å². The summed E-state index contributed by atoms with van der Waals surface area (Å²) in [5.41, 5.74) is 1.75. The van der Waals surface area contributed by atoms with Crippen LogP contribution in [0.3, 0.4) is 0 Å². The van der Waals surface area contributed by atoms with Crippen molar-refractivity contribution in [2.24, 2.45) is 0 Å². The van der Waals surface area contributed by atoms with Crippen molar-refractivity contribution in [3.63, 3.8) is 0 Å². The second kappa shape index (κ2) is 8.61. The number of hydrogen-bond donors (Lipinski definition) is 0. The average Bonchev–Trinajstić information content (AvgIpc) is 2.79. The van der Waals surface area contributed by atoms with E-state index in [0.717, 1.165) is 0 Å². The number of ketones is 1. The van der Waals surface area contributed by atoms with Gasteiger partial charge in [-0.2, -0.15) is 0 Å². The van der Waals surface area contributed by atoms with Crippen LogP contribution in [-0.4, -0.2) is 30.8 Å². The van der Waals surface area contributed by atoms with Crippen molar-refractivity contribution in [1.29, 1.82) is 0 Å². The molecule has 0 bridgehead atoms. The maximum Gasteiger partial charge on any atom is 0.312 e. The van der Waals surface area contributed by atoms with E-state index in [1.807, 2.05) is 18.2 Å². The first-order valence-corrected chi connectivity index (χ1v) is 9.54. The number of hydrogen-bond acceptors (Lipinski definition) is 5. The molecule has 0 aliphatic carbocycles. The van der Waals surface area contributed by atoms with Crippen molar-refractivity contribution in [3.05, 3.63) is 90.0 Å². The lowest BCUT2D eigenvalue weighted by atomic mass is 10.0. The Kier molecular flexibility index (Phi) is 5.57. The standard InChI is InChI=1S/C24H19NO5/c26-22-16-29-21-9-5-4-8-20(21)25(22)15-14-23(27)30-19-12-10-18(11-13-19)24(28)17-6-2-1-3-7-17/h1-13H,14-16H2. The van der Waals surface area contributed by atoms with Crippen LogP contribution in [-0.2, 0) is 9.59 Å². The van der Waals surface area contributed by atoms with Crippen LogP contribution in [0.15, 0.2) is 78.9 Å². The Hall–Kier alpha value is -3.93. The van der Waals surface area contributed by atoms with Crippen LogP contribution in [0.2, 0.25) is 0 Å². The average molecular weight is 401 g/mol. The summed E-state index contributed by atoms with van der Waals surface area (Å²) in [6.45, 7) is 0.144. The lowest BCUT2D eigenvalue weighted by Crippen LogP contribution is -2.40. The molecule has 3 aromatic carbocycles. The van der Waals surface area contributed by atoms with Gasteiger partial charge in [-0.25, -0.2) is 0 Å². The second-order valence-electron chi connectivity index (χ2n) is 6.75. The highest BCUT2D eigenvalue weighted by Gasteiger charge is 2.25. The molecule has 0 saturated heterocycles. The number of anilines is 1. The van der Waals surface area contributed by atoms with Crippen molar-refractivity contribution in [2.45, 2.75) is 6.42 Å². The van der Waals surface area contributed by atoms with E-state index >= 15 is 0 Å². The molecule has 0 unspecified atom stereocenters. The lowest BCUT2D eigenvalue weighted by molar-refractivity contribution is -0.134. The summed E-state index contributed by atoms with van der Waals surface area (Å²) in [5.74, 6) is 0.194. The molecule has 4 rings (SSSR count). The number of benzene rings is 3. The highest BCUT2D eigenvalue weighted by Crippen LogP contribution is 2.31. The molecule has 6 nitrogen and oxygen atoms in total. The van der Waals surface area contributed by atoms with Crippen LogP contribution in [0.1, 0.15) is 22.3 Å². The van der Waals surface area contributed by atoms with Gasteiger partial charge in [-0.3, -0.25) is 14.4 Å². The van der Waals surface area contributed by atoms with Gasteiger partial charge in [0.15, 0.2) is 12.4 Å². The van der Waals surface area contributed by atoms with Gasteiger partial charge in [0.25, 0.3) is 5.91 Å². The molecule has 1 amide bonds. The number of esters is 1. The number of nitrogens with zero attached hydrogens (tertiary/aromatic N) is 1. The highest BCUT2D eigenvalue weighted by molar-refractivity contribution is 6.09. The Labute approximate surface area is 173 Å². The quantitative estimate of drug-likeness (QED) is 0.358. The summed E-state index contributed by atoms with van der Waals surface area (Å²) in [7, 11) is 0. The predicted molar refractivity (Wildman–Crippen MR) is 111 cm³/mol. The molecule has 0 saturated carbocycles. The fourth-order valence-corrected chi connectivity index (χ4v) is 3.22. The Morgan fingerprint density at radius 1 is 0.867 bits per heavy atom. The number of carbonyl (C=O) groups is 3. The van der Waals surface area contributed by atoms with Crippen LogP contribution >= 0.6 is 0 Å². The van der Waals surface area contributed by atoms with E-state index in [2.05, 4.69) is 0 Å². The summed E-state index contributed by atoms with van der Waals surface area (Å²) in [5, 5.41) is 0. The Morgan fingerprint density at radius 3 is 2.30 bits per heavy atom. The first-order chi connectivity index (χ1) is 14.6. The molecule has 0 N–H and O–H groups in total. The summed E-state index contributed by atoms with van der Waals surface area (Å²) in [6.07, 6.45) is 0.0325. The Balaban J connectivity index is 1.36. The monoisotopic (exact) mass is 401 g/mol. The van der Waals surface area contributed by atoms with Crippen molar-refractivity contribution in [1.82, 2.24) is 0 Å². The fraction of sp³-hybridized carbons (Fsp3) is 0.125. The SMILES string of the molecule is O=C(CCN1C(=O)COc2ccccc21)Oc1ccc(C(=O)c2ccccc2)cc1. The number of amides is 1. The molecule has 0 radical (unpaired) electrons. The third kappa shape index (κ3) is 4.22. The summed E-state index contributed by atoms with van der Waals surface area (Å²) in [6, 6.07) is 22.6. The number of rotatable bonds is 6. The van der Waals surface area contributed by atoms with E-state index in [1.165, 1.54) is 4.90 Å². The van der Waals surface area contributed by atoms with Crippen molar-refractivity contribution in [2.75, 3.05) is 18.1 Å². The van der Waals surface area contributed by atoms with Gasteiger partial charge in [-0.15, -0.1) is 0 Å². The molecule has 0 fully saturated rings. The maximum absolute atomic E-state index is 12.4. The van der Waals surface area contributed by atoms with Crippen LogP contribution in [0.5, 0.6) is 11.5 Å². The van der Waals surface area contributed by atoms with Gasteiger partial charge < -0.3 is 14.4 Å². The molecule has 0 atom stereocenters. The minimum absolute atomic E-state index is 0.0325. The molecule has 0 aromatic heterocycles. The van der Waals surface area contributed by atoms with Crippen molar-refractivity contribution >= 4 is 23.3 Å². The van der Waals surface area contributed by atoms with E-state index in [4.69, 9.17) is 9.47 Å². The molecular formula is C24H19NO5. The van der Waals surface area contributed by atoms with E-state index in [1.54, 1.807) is 60.7 Å². The molecule has 6 heteroatoms. The van der Waals surface area contributed by atoms with Gasteiger partial charge >= 0.3 is 5.97 Å². The van der Waals surface area contributed by atoms with Crippen LogP contribution < -0.4 is 14.4 Å². The predicted octanol–water partition coefficient (Wildman–Crippen LogP) is 3.64. The molecular weight excluding hydrogens is 382 g/mol. The normalized spacial score (nSPS) is 12.7. The van der Waals surface area contributed by atoms with Gasteiger partial charge in [0, 0.05) is 17.7 Å². The Bertz CT molecular complexity index is 1080. The molecule has 1 heterocycles. The first kappa shape index (κ1) is 19.4. The minimum Gasteiger partial charge on any atom is -0.482 e. The maximum atomic E-state index is 12.4. The minimum atomic E-state index is -0.464. The third-order valence-electron chi connectivity index (χ3n) is 4.73. The number of carbonyl (C=O) groups excluding carboxylic acids is 3. The molecule has 30 heavy (non-hydrogen) atoms. The van der Waals surface area contributed by atoms with Gasteiger partial charge in [-0.05, 0) is 36.4 Å². The smallest absolute Gasteiger partial charge is 0.312 e. The summed E-state index contributed by atoms with van der Waals surface area (Å²) >= 11 is 0. The van der Waals surface area contributed by atoms with Crippen LogP contribution in [0.25, 0.3) is 0 Å². The third-order valence-corrected chi connectivity index (χ3v) is 4.73. The highest BCUT2D eigenvalue weighted by atomic mass is 16.5. The number of fused-ring (bicyclic) bond motifs is 1. The zero-order chi connectivity index (χ0) is 20.9. The topological polar surface area (TPSA) is 72.9 Å². The van der Waals surface area contributed by atoms with Gasteiger partial charge in [0.05, 0.1) is 12.1 Å².